The zero-order chi connectivity index (χ0) is 9.52. The highest BCUT2D eigenvalue weighted by Crippen LogP contribution is 2.11. The Bertz CT molecular complexity index is 239. The fourth-order valence-electron chi connectivity index (χ4n) is 1.28. The van der Waals surface area contributed by atoms with Gasteiger partial charge in [0.2, 0.25) is 0 Å². The number of thiophene rings is 1. The van der Waals surface area contributed by atoms with Crippen LogP contribution >= 0.6 is 11.3 Å². The quantitative estimate of drug-likeness (QED) is 0.498. The predicted octanol–water partition coefficient (Wildman–Crippen LogP) is 3.90. The fraction of sp³-hybridized carbons (Fsp3) is 0.545. The van der Waals surface area contributed by atoms with Crippen LogP contribution in [0.1, 0.15) is 49.4 Å². The summed E-state index contributed by atoms with van der Waals surface area (Å²) in [4.78, 5) is 11.5. The van der Waals surface area contributed by atoms with Crippen molar-refractivity contribution in [1.82, 2.24) is 0 Å². The van der Waals surface area contributed by atoms with Gasteiger partial charge in [0.05, 0.1) is 0 Å². The highest BCUT2D eigenvalue weighted by Gasteiger charge is 2.04. The molecule has 0 spiro atoms. The molecule has 13 heavy (non-hydrogen) atoms. The van der Waals surface area contributed by atoms with Crippen LogP contribution in [0.4, 0.5) is 0 Å². The van der Waals surface area contributed by atoms with Gasteiger partial charge in [0.25, 0.3) is 0 Å². The summed E-state index contributed by atoms with van der Waals surface area (Å²) < 4.78 is 0. The second-order valence-electron chi connectivity index (χ2n) is 3.25. The minimum atomic E-state index is 0.303. The summed E-state index contributed by atoms with van der Waals surface area (Å²) in [5.74, 6) is 0.303. The molecular weight excluding hydrogens is 180 g/mol. The summed E-state index contributed by atoms with van der Waals surface area (Å²) in [6.07, 6.45) is 5.43. The number of carbonyl (C=O) groups is 1. The Morgan fingerprint density at radius 3 is 2.85 bits per heavy atom. The fourth-order valence-corrected chi connectivity index (χ4v) is 1.94. The smallest absolute Gasteiger partial charge is 0.163 e. The average molecular weight is 196 g/mol. The van der Waals surface area contributed by atoms with Crippen LogP contribution in [0.5, 0.6) is 0 Å². The van der Waals surface area contributed by atoms with Gasteiger partial charge in [-0.15, -0.1) is 0 Å². The number of hydrogen-bond acceptors (Lipinski definition) is 2. The van der Waals surface area contributed by atoms with E-state index in [1.54, 1.807) is 11.3 Å². The molecule has 1 aromatic rings. The minimum absolute atomic E-state index is 0.303. The molecule has 0 atom stereocenters. The SMILES string of the molecule is CCCCCCC(=O)c1ccsc1. The first-order valence-corrected chi connectivity index (χ1v) is 5.84. The summed E-state index contributed by atoms with van der Waals surface area (Å²) in [6.45, 7) is 2.18. The Hall–Kier alpha value is -0.630. The lowest BCUT2D eigenvalue weighted by atomic mass is 10.1. The topological polar surface area (TPSA) is 17.1 Å². The van der Waals surface area contributed by atoms with Gasteiger partial charge >= 0.3 is 0 Å². The number of ketones is 1. The van der Waals surface area contributed by atoms with Crippen LogP contribution < -0.4 is 0 Å². The van der Waals surface area contributed by atoms with E-state index in [2.05, 4.69) is 6.92 Å². The third kappa shape index (κ3) is 3.73. The summed E-state index contributed by atoms with van der Waals surface area (Å²) in [5, 5.41) is 3.89. The van der Waals surface area contributed by atoms with E-state index in [4.69, 9.17) is 0 Å². The van der Waals surface area contributed by atoms with Crippen molar-refractivity contribution in [2.75, 3.05) is 0 Å². The average Bonchev–Trinajstić information content (AvgIpc) is 2.65. The third-order valence-electron chi connectivity index (χ3n) is 2.10. The summed E-state index contributed by atoms with van der Waals surface area (Å²) in [7, 11) is 0. The minimum Gasteiger partial charge on any atom is -0.294 e. The molecule has 0 N–H and O–H groups in total. The van der Waals surface area contributed by atoms with Crippen LogP contribution in [0.25, 0.3) is 0 Å². The lowest BCUT2D eigenvalue weighted by molar-refractivity contribution is 0.0979. The molecule has 1 heterocycles. The van der Waals surface area contributed by atoms with E-state index in [1.807, 2.05) is 16.8 Å². The van der Waals surface area contributed by atoms with Crippen LogP contribution in [0.2, 0.25) is 0 Å². The zero-order valence-corrected chi connectivity index (χ0v) is 8.90. The maximum absolute atomic E-state index is 11.5. The molecule has 72 valence electrons. The van der Waals surface area contributed by atoms with Gasteiger partial charge in [-0.05, 0) is 17.9 Å². The lowest BCUT2D eigenvalue weighted by Gasteiger charge is -1.97. The van der Waals surface area contributed by atoms with Gasteiger partial charge in [-0.2, -0.15) is 11.3 Å². The largest absolute Gasteiger partial charge is 0.294 e. The standard InChI is InChI=1S/C11H16OS/c1-2-3-4-5-6-11(12)10-7-8-13-9-10/h7-9H,2-6H2,1H3. The van der Waals surface area contributed by atoms with Gasteiger partial charge in [-0.1, -0.05) is 26.2 Å². The Morgan fingerprint density at radius 1 is 1.38 bits per heavy atom. The normalized spacial score (nSPS) is 10.2. The number of Topliss-reactive ketones (excluding diaryl/α,β-unsaturated/α-hetero) is 1. The number of hydrogen-bond donors (Lipinski definition) is 0. The molecule has 0 saturated heterocycles. The van der Waals surface area contributed by atoms with E-state index in [0.29, 0.717) is 5.78 Å². The Labute approximate surface area is 83.8 Å². The molecule has 0 radical (unpaired) electrons. The molecule has 0 aliphatic heterocycles. The van der Waals surface area contributed by atoms with Crippen molar-refractivity contribution in [3.63, 3.8) is 0 Å². The van der Waals surface area contributed by atoms with E-state index in [9.17, 15) is 4.79 Å². The van der Waals surface area contributed by atoms with Gasteiger partial charge in [-0.25, -0.2) is 0 Å². The summed E-state index contributed by atoms with van der Waals surface area (Å²) in [6, 6.07) is 1.91. The Morgan fingerprint density at radius 2 is 2.23 bits per heavy atom. The summed E-state index contributed by atoms with van der Waals surface area (Å²) >= 11 is 1.59. The first kappa shape index (κ1) is 10.5. The van der Waals surface area contributed by atoms with Crippen molar-refractivity contribution in [3.05, 3.63) is 22.4 Å². The van der Waals surface area contributed by atoms with Crippen LogP contribution in [-0.4, -0.2) is 5.78 Å². The van der Waals surface area contributed by atoms with Crippen LogP contribution in [-0.2, 0) is 0 Å². The van der Waals surface area contributed by atoms with E-state index in [0.717, 1.165) is 18.4 Å². The van der Waals surface area contributed by atoms with E-state index in [-0.39, 0.29) is 0 Å². The molecule has 0 aliphatic rings. The van der Waals surface area contributed by atoms with Crippen molar-refractivity contribution < 1.29 is 4.79 Å². The maximum atomic E-state index is 11.5. The maximum Gasteiger partial charge on any atom is 0.163 e. The van der Waals surface area contributed by atoms with Crippen molar-refractivity contribution in [3.8, 4) is 0 Å². The lowest BCUT2D eigenvalue weighted by Crippen LogP contribution is -1.96. The Kier molecular flexibility index (Phi) is 4.76. The van der Waals surface area contributed by atoms with E-state index in [1.165, 1.54) is 19.3 Å². The first-order valence-electron chi connectivity index (χ1n) is 4.90. The highest BCUT2D eigenvalue weighted by molar-refractivity contribution is 7.08. The molecule has 0 amide bonds. The van der Waals surface area contributed by atoms with Crippen molar-refractivity contribution >= 4 is 17.1 Å². The second kappa shape index (κ2) is 5.92. The molecule has 0 saturated carbocycles. The van der Waals surface area contributed by atoms with E-state index < -0.39 is 0 Å². The molecule has 2 heteroatoms. The number of unbranched alkanes of at least 4 members (excludes halogenated alkanes) is 3. The molecule has 0 aliphatic carbocycles. The predicted molar refractivity (Wildman–Crippen MR) is 57.4 cm³/mol. The number of rotatable bonds is 6. The van der Waals surface area contributed by atoms with Crippen LogP contribution in [0.3, 0.4) is 0 Å². The highest BCUT2D eigenvalue weighted by atomic mass is 32.1. The van der Waals surface area contributed by atoms with Gasteiger partial charge in [0, 0.05) is 17.4 Å². The molecule has 0 unspecified atom stereocenters. The Balaban J connectivity index is 2.19. The van der Waals surface area contributed by atoms with Gasteiger partial charge < -0.3 is 0 Å². The van der Waals surface area contributed by atoms with Gasteiger partial charge in [0.15, 0.2) is 5.78 Å². The summed E-state index contributed by atoms with van der Waals surface area (Å²) in [5.41, 5.74) is 0.890. The first-order chi connectivity index (χ1) is 6.34. The van der Waals surface area contributed by atoms with Gasteiger partial charge in [-0.3, -0.25) is 4.79 Å². The molecule has 0 bridgehead atoms. The molecule has 0 fully saturated rings. The van der Waals surface area contributed by atoms with Crippen molar-refractivity contribution in [1.29, 1.82) is 0 Å². The van der Waals surface area contributed by atoms with Gasteiger partial charge in [0.1, 0.15) is 0 Å². The third-order valence-corrected chi connectivity index (χ3v) is 2.78. The van der Waals surface area contributed by atoms with Crippen molar-refractivity contribution in [2.24, 2.45) is 0 Å². The monoisotopic (exact) mass is 196 g/mol. The number of carbonyl (C=O) groups excluding carboxylic acids is 1. The molecule has 1 aromatic heterocycles. The van der Waals surface area contributed by atoms with Crippen LogP contribution in [0.15, 0.2) is 16.8 Å². The van der Waals surface area contributed by atoms with Crippen LogP contribution in [0, 0.1) is 0 Å². The van der Waals surface area contributed by atoms with E-state index >= 15 is 0 Å². The van der Waals surface area contributed by atoms with Crippen molar-refractivity contribution in [2.45, 2.75) is 39.0 Å². The second-order valence-corrected chi connectivity index (χ2v) is 4.03. The molecule has 0 aromatic carbocycles. The molecular formula is C11H16OS. The zero-order valence-electron chi connectivity index (χ0n) is 8.08. The molecule has 1 rings (SSSR count). The molecule has 1 nitrogen and oxygen atoms in total.